The average molecular weight is 309 g/mol. The van der Waals surface area contributed by atoms with Crippen molar-refractivity contribution in [2.75, 3.05) is 46.4 Å². The Balaban J connectivity index is 1.48. The summed E-state index contributed by atoms with van der Waals surface area (Å²) in [7, 11) is 2.13. The molecule has 1 N–H and O–H groups in total. The van der Waals surface area contributed by atoms with Crippen LogP contribution in [0, 0.1) is 11.8 Å². The SMILES string of the molecule is CN(CC1CC1)C[C@H]1CN(C(=O)[C@H]2CCNC(=O)C2)CCO1. The predicted molar refractivity (Wildman–Crippen MR) is 82.3 cm³/mol. The summed E-state index contributed by atoms with van der Waals surface area (Å²) in [6.45, 7) is 4.55. The number of hydrogen-bond acceptors (Lipinski definition) is 4. The molecular weight excluding hydrogens is 282 g/mol. The Morgan fingerprint density at radius 1 is 1.36 bits per heavy atom. The summed E-state index contributed by atoms with van der Waals surface area (Å²) in [6.07, 6.45) is 3.89. The van der Waals surface area contributed by atoms with Crippen LogP contribution in [0.3, 0.4) is 0 Å². The van der Waals surface area contributed by atoms with Crippen LogP contribution in [0.2, 0.25) is 0 Å². The molecule has 3 rings (SSSR count). The molecule has 6 nitrogen and oxygen atoms in total. The quantitative estimate of drug-likeness (QED) is 0.781. The Bertz CT molecular complexity index is 425. The van der Waals surface area contributed by atoms with Crippen LogP contribution < -0.4 is 5.32 Å². The zero-order valence-electron chi connectivity index (χ0n) is 13.4. The summed E-state index contributed by atoms with van der Waals surface area (Å²) < 4.78 is 5.82. The molecular formula is C16H27N3O3. The highest BCUT2D eigenvalue weighted by molar-refractivity contribution is 5.87. The van der Waals surface area contributed by atoms with Crippen molar-refractivity contribution >= 4 is 11.8 Å². The third kappa shape index (κ3) is 4.20. The van der Waals surface area contributed by atoms with Gasteiger partial charge in [-0.05, 0) is 32.2 Å². The van der Waals surface area contributed by atoms with Crippen LogP contribution in [-0.4, -0.2) is 74.1 Å². The number of piperidine rings is 1. The minimum absolute atomic E-state index is 0.00132. The summed E-state index contributed by atoms with van der Waals surface area (Å²) in [5.74, 6) is 0.857. The minimum atomic E-state index is -0.142. The molecule has 1 aliphatic carbocycles. The van der Waals surface area contributed by atoms with E-state index in [0.717, 1.165) is 25.4 Å². The molecule has 0 spiro atoms. The summed E-state index contributed by atoms with van der Waals surface area (Å²) in [5.41, 5.74) is 0. The molecule has 2 heterocycles. The first-order valence-corrected chi connectivity index (χ1v) is 8.47. The van der Waals surface area contributed by atoms with Gasteiger partial charge in [0.2, 0.25) is 11.8 Å². The number of likely N-dealkylation sites (N-methyl/N-ethyl adjacent to an activating group) is 1. The van der Waals surface area contributed by atoms with Gasteiger partial charge in [0.05, 0.1) is 12.7 Å². The minimum Gasteiger partial charge on any atom is -0.373 e. The van der Waals surface area contributed by atoms with Crippen LogP contribution in [0.4, 0.5) is 0 Å². The molecule has 3 aliphatic rings. The number of carbonyl (C=O) groups excluding carboxylic acids is 2. The highest BCUT2D eigenvalue weighted by Crippen LogP contribution is 2.29. The second-order valence-corrected chi connectivity index (χ2v) is 6.98. The van der Waals surface area contributed by atoms with E-state index in [2.05, 4.69) is 17.3 Å². The van der Waals surface area contributed by atoms with Gasteiger partial charge in [-0.2, -0.15) is 0 Å². The van der Waals surface area contributed by atoms with Gasteiger partial charge in [-0.3, -0.25) is 9.59 Å². The Hall–Kier alpha value is -1.14. The lowest BCUT2D eigenvalue weighted by atomic mass is 9.95. The fourth-order valence-corrected chi connectivity index (χ4v) is 3.45. The normalized spacial score (nSPS) is 29.5. The monoisotopic (exact) mass is 309 g/mol. The van der Waals surface area contributed by atoms with Crippen LogP contribution in [0.25, 0.3) is 0 Å². The number of rotatable bonds is 5. The molecule has 2 aliphatic heterocycles. The molecule has 124 valence electrons. The van der Waals surface area contributed by atoms with E-state index in [9.17, 15) is 9.59 Å². The lowest BCUT2D eigenvalue weighted by molar-refractivity contribution is -0.146. The Kier molecular flexibility index (Phi) is 4.98. The smallest absolute Gasteiger partial charge is 0.226 e. The number of nitrogens with one attached hydrogen (secondary N) is 1. The average Bonchev–Trinajstić information content (AvgIpc) is 3.30. The Morgan fingerprint density at radius 3 is 2.91 bits per heavy atom. The Morgan fingerprint density at radius 2 is 2.18 bits per heavy atom. The third-order valence-electron chi connectivity index (χ3n) is 4.83. The van der Waals surface area contributed by atoms with Gasteiger partial charge >= 0.3 is 0 Å². The summed E-state index contributed by atoms with van der Waals surface area (Å²) >= 11 is 0. The maximum Gasteiger partial charge on any atom is 0.226 e. The highest BCUT2D eigenvalue weighted by Gasteiger charge is 2.33. The number of amides is 2. The second kappa shape index (κ2) is 6.96. The van der Waals surface area contributed by atoms with E-state index in [1.165, 1.54) is 12.8 Å². The van der Waals surface area contributed by atoms with Gasteiger partial charge in [0.25, 0.3) is 0 Å². The van der Waals surface area contributed by atoms with Crippen molar-refractivity contribution in [3.63, 3.8) is 0 Å². The standard InChI is InChI=1S/C16H27N3O3/c1-18(9-12-2-3-12)10-14-11-19(6-7-22-14)16(21)13-4-5-17-15(20)8-13/h12-14H,2-11H2,1H3,(H,17,20)/t13-,14-/m0/s1. The van der Waals surface area contributed by atoms with Crippen molar-refractivity contribution < 1.29 is 14.3 Å². The first-order valence-electron chi connectivity index (χ1n) is 8.47. The van der Waals surface area contributed by atoms with E-state index >= 15 is 0 Å². The van der Waals surface area contributed by atoms with Gasteiger partial charge < -0.3 is 19.9 Å². The number of ether oxygens (including phenoxy) is 1. The lowest BCUT2D eigenvalue weighted by Gasteiger charge is -2.37. The van der Waals surface area contributed by atoms with Gasteiger partial charge in [-0.25, -0.2) is 0 Å². The zero-order valence-corrected chi connectivity index (χ0v) is 13.4. The van der Waals surface area contributed by atoms with E-state index in [4.69, 9.17) is 4.74 Å². The van der Waals surface area contributed by atoms with Crippen molar-refractivity contribution in [3.8, 4) is 0 Å². The number of carbonyl (C=O) groups is 2. The van der Waals surface area contributed by atoms with Crippen LogP contribution in [0.15, 0.2) is 0 Å². The van der Waals surface area contributed by atoms with Crippen LogP contribution >= 0.6 is 0 Å². The van der Waals surface area contributed by atoms with E-state index in [0.29, 0.717) is 32.7 Å². The molecule has 2 saturated heterocycles. The van der Waals surface area contributed by atoms with Gasteiger partial charge in [0, 0.05) is 45.1 Å². The van der Waals surface area contributed by atoms with Crippen molar-refractivity contribution in [1.29, 1.82) is 0 Å². The Labute approximate surface area is 132 Å². The van der Waals surface area contributed by atoms with E-state index in [1.54, 1.807) is 0 Å². The summed E-state index contributed by atoms with van der Waals surface area (Å²) in [4.78, 5) is 28.3. The number of nitrogens with zero attached hydrogens (tertiary/aromatic N) is 2. The van der Waals surface area contributed by atoms with Crippen LogP contribution in [0.1, 0.15) is 25.7 Å². The van der Waals surface area contributed by atoms with E-state index in [-0.39, 0.29) is 23.8 Å². The first kappa shape index (κ1) is 15.7. The van der Waals surface area contributed by atoms with Gasteiger partial charge in [0.1, 0.15) is 0 Å². The molecule has 0 bridgehead atoms. The summed E-state index contributed by atoms with van der Waals surface area (Å²) in [6, 6.07) is 0. The largest absolute Gasteiger partial charge is 0.373 e. The van der Waals surface area contributed by atoms with Crippen molar-refractivity contribution in [2.24, 2.45) is 11.8 Å². The van der Waals surface area contributed by atoms with Gasteiger partial charge in [-0.1, -0.05) is 0 Å². The maximum absolute atomic E-state index is 12.6. The topological polar surface area (TPSA) is 61.9 Å². The molecule has 1 saturated carbocycles. The maximum atomic E-state index is 12.6. The molecule has 0 aromatic heterocycles. The fourth-order valence-electron chi connectivity index (χ4n) is 3.45. The predicted octanol–water partition coefficient (Wildman–Crippen LogP) is 0.0818. The number of hydrogen-bond donors (Lipinski definition) is 1. The molecule has 2 atom stereocenters. The van der Waals surface area contributed by atoms with Crippen molar-refractivity contribution in [2.45, 2.75) is 31.8 Å². The van der Waals surface area contributed by atoms with Gasteiger partial charge in [-0.15, -0.1) is 0 Å². The fraction of sp³-hybridized carbons (Fsp3) is 0.875. The van der Waals surface area contributed by atoms with E-state index < -0.39 is 0 Å². The van der Waals surface area contributed by atoms with Gasteiger partial charge in [0.15, 0.2) is 0 Å². The molecule has 0 radical (unpaired) electrons. The molecule has 0 aromatic carbocycles. The number of morpholine rings is 1. The molecule has 0 aromatic rings. The lowest BCUT2D eigenvalue weighted by Crippen LogP contribution is -2.52. The van der Waals surface area contributed by atoms with Crippen molar-refractivity contribution in [1.82, 2.24) is 15.1 Å². The molecule has 0 unspecified atom stereocenters. The first-order chi connectivity index (χ1) is 10.6. The van der Waals surface area contributed by atoms with Crippen LogP contribution in [-0.2, 0) is 14.3 Å². The van der Waals surface area contributed by atoms with E-state index in [1.807, 2.05) is 4.90 Å². The molecule has 3 fully saturated rings. The zero-order chi connectivity index (χ0) is 15.5. The highest BCUT2D eigenvalue weighted by atomic mass is 16.5. The molecule has 6 heteroatoms. The summed E-state index contributed by atoms with van der Waals surface area (Å²) in [5, 5.41) is 2.79. The molecule has 2 amide bonds. The second-order valence-electron chi connectivity index (χ2n) is 6.98. The third-order valence-corrected chi connectivity index (χ3v) is 4.83. The molecule has 22 heavy (non-hydrogen) atoms. The van der Waals surface area contributed by atoms with Crippen molar-refractivity contribution in [3.05, 3.63) is 0 Å². The van der Waals surface area contributed by atoms with Crippen LogP contribution in [0.5, 0.6) is 0 Å².